The minimum absolute atomic E-state index is 0.000417. The third-order valence-corrected chi connectivity index (χ3v) is 5.09. The highest BCUT2D eigenvalue weighted by Gasteiger charge is 2.24. The highest BCUT2D eigenvalue weighted by atomic mass is 32.2. The minimum Gasteiger partial charge on any atom is -0.456 e. The molecule has 4 rings (SSSR count). The smallest absolute Gasteiger partial charge is 0.308 e. The second-order valence-electron chi connectivity index (χ2n) is 5.79. The molecule has 1 amide bonds. The van der Waals surface area contributed by atoms with Crippen molar-refractivity contribution in [1.82, 2.24) is 4.98 Å². The molecule has 1 aliphatic rings. The molecule has 0 saturated heterocycles. The first-order valence-electron chi connectivity index (χ1n) is 8.23. The molecule has 1 aromatic heterocycles. The topological polar surface area (TPSA) is 72.6 Å². The lowest BCUT2D eigenvalue weighted by Gasteiger charge is -2.28. The van der Waals surface area contributed by atoms with Crippen LogP contribution in [0.3, 0.4) is 0 Å². The van der Waals surface area contributed by atoms with Gasteiger partial charge in [-0.05, 0) is 24.3 Å². The van der Waals surface area contributed by atoms with Gasteiger partial charge >= 0.3 is 5.97 Å². The van der Waals surface area contributed by atoms with Crippen molar-refractivity contribution < 1.29 is 18.7 Å². The molecule has 0 atom stereocenters. The van der Waals surface area contributed by atoms with Gasteiger partial charge in [0.2, 0.25) is 11.8 Å². The molecule has 0 bridgehead atoms. The Kier molecular flexibility index (Phi) is 4.62. The van der Waals surface area contributed by atoms with Crippen LogP contribution in [0.1, 0.15) is 12.3 Å². The molecular formula is C19H16N2O4S. The Morgan fingerprint density at radius 2 is 2.00 bits per heavy atom. The van der Waals surface area contributed by atoms with Crippen LogP contribution in [0.4, 0.5) is 5.69 Å². The number of anilines is 1. The molecule has 0 unspecified atom stereocenters. The molecule has 0 spiro atoms. The molecule has 0 radical (unpaired) electrons. The van der Waals surface area contributed by atoms with Crippen molar-refractivity contribution in [2.45, 2.75) is 17.9 Å². The number of carbonyl (C=O) groups is 2. The van der Waals surface area contributed by atoms with E-state index in [0.29, 0.717) is 23.8 Å². The lowest BCUT2D eigenvalue weighted by Crippen LogP contribution is -2.37. The van der Waals surface area contributed by atoms with Gasteiger partial charge in [0.25, 0.3) is 0 Å². The Bertz CT molecular complexity index is 936. The molecule has 0 aliphatic carbocycles. The fraction of sp³-hybridized carbons (Fsp3) is 0.211. The molecule has 2 heterocycles. The molecule has 0 fully saturated rings. The van der Waals surface area contributed by atoms with Gasteiger partial charge < -0.3 is 14.1 Å². The lowest BCUT2D eigenvalue weighted by atomic mass is 10.2. The van der Waals surface area contributed by atoms with Crippen LogP contribution in [0.25, 0.3) is 11.1 Å². The predicted octanol–water partition coefficient (Wildman–Crippen LogP) is 3.40. The summed E-state index contributed by atoms with van der Waals surface area (Å²) in [7, 11) is 0. The van der Waals surface area contributed by atoms with Gasteiger partial charge in [0, 0.05) is 11.4 Å². The van der Waals surface area contributed by atoms with E-state index in [1.54, 1.807) is 4.90 Å². The molecule has 0 N–H and O–H groups in total. The number of nitrogens with zero attached hydrogens (tertiary/aromatic N) is 2. The number of carbonyl (C=O) groups excluding carboxylic acids is 2. The predicted molar refractivity (Wildman–Crippen MR) is 97.9 cm³/mol. The molecule has 7 heteroatoms. The number of para-hydroxylation sites is 3. The summed E-state index contributed by atoms with van der Waals surface area (Å²) in [6, 6.07) is 15.1. The number of ether oxygens (including phenoxy) is 1. The monoisotopic (exact) mass is 368 g/mol. The minimum atomic E-state index is -0.393. The largest absolute Gasteiger partial charge is 0.456 e. The Hall–Kier alpha value is -2.80. The third kappa shape index (κ3) is 3.43. The van der Waals surface area contributed by atoms with E-state index in [4.69, 9.17) is 9.15 Å². The first-order valence-corrected chi connectivity index (χ1v) is 9.21. The summed E-state index contributed by atoms with van der Waals surface area (Å²) in [5, 5.41) is 0. The fourth-order valence-electron chi connectivity index (χ4n) is 2.80. The Morgan fingerprint density at radius 3 is 2.88 bits per heavy atom. The van der Waals surface area contributed by atoms with Crippen molar-refractivity contribution in [3.05, 3.63) is 54.4 Å². The quantitative estimate of drug-likeness (QED) is 0.643. The summed E-state index contributed by atoms with van der Waals surface area (Å²) >= 11 is 1.52. The van der Waals surface area contributed by atoms with Crippen molar-refractivity contribution in [3.63, 3.8) is 0 Å². The third-order valence-electron chi connectivity index (χ3n) is 4.04. The van der Waals surface area contributed by atoms with E-state index < -0.39 is 5.97 Å². The fourth-order valence-corrected chi connectivity index (χ4v) is 3.73. The number of hydrogen-bond acceptors (Lipinski definition) is 6. The maximum atomic E-state index is 12.2. The van der Waals surface area contributed by atoms with Crippen molar-refractivity contribution in [2.24, 2.45) is 0 Å². The molecule has 132 valence electrons. The van der Waals surface area contributed by atoms with Crippen LogP contribution < -0.4 is 4.90 Å². The number of esters is 1. The number of hydrogen-bond donors (Lipinski definition) is 0. The number of rotatable bonds is 5. The van der Waals surface area contributed by atoms with Gasteiger partial charge in [0.05, 0.1) is 17.9 Å². The number of thioether (sulfide) groups is 1. The van der Waals surface area contributed by atoms with E-state index in [1.165, 1.54) is 11.8 Å². The first-order chi connectivity index (χ1) is 12.7. The zero-order chi connectivity index (χ0) is 17.9. The number of fused-ring (bicyclic) bond motifs is 2. The SMILES string of the molecule is O=C(CCN1C(=O)CSc2ccccc21)OCc1nc2ccccc2o1. The highest BCUT2D eigenvalue weighted by molar-refractivity contribution is 8.00. The van der Waals surface area contributed by atoms with E-state index in [-0.39, 0.29) is 18.9 Å². The standard InChI is InChI=1S/C19H16N2O4S/c22-18-12-26-16-8-4-2-6-14(16)21(18)10-9-19(23)24-11-17-20-13-5-1-3-7-15(13)25-17/h1-8H,9-12H2. The van der Waals surface area contributed by atoms with Crippen molar-refractivity contribution >= 4 is 40.4 Å². The summed E-state index contributed by atoms with van der Waals surface area (Å²) in [4.78, 5) is 31.2. The molecule has 6 nitrogen and oxygen atoms in total. The van der Waals surface area contributed by atoms with E-state index in [9.17, 15) is 9.59 Å². The second-order valence-corrected chi connectivity index (χ2v) is 6.80. The van der Waals surface area contributed by atoms with E-state index in [1.807, 2.05) is 48.5 Å². The maximum Gasteiger partial charge on any atom is 0.308 e. The summed E-state index contributed by atoms with van der Waals surface area (Å²) in [6.45, 7) is 0.275. The average molecular weight is 368 g/mol. The second kappa shape index (κ2) is 7.21. The highest BCUT2D eigenvalue weighted by Crippen LogP contribution is 2.34. The van der Waals surface area contributed by atoms with Crippen LogP contribution in [0.15, 0.2) is 57.8 Å². The summed E-state index contributed by atoms with van der Waals surface area (Å²) in [5.41, 5.74) is 2.23. The summed E-state index contributed by atoms with van der Waals surface area (Å²) in [5.74, 6) is 0.348. The van der Waals surface area contributed by atoms with Crippen LogP contribution in [0.5, 0.6) is 0 Å². The van der Waals surface area contributed by atoms with Crippen LogP contribution in [-0.4, -0.2) is 29.2 Å². The Morgan fingerprint density at radius 1 is 1.19 bits per heavy atom. The average Bonchev–Trinajstić information content (AvgIpc) is 3.08. The Labute approximate surface area is 154 Å². The zero-order valence-corrected chi connectivity index (χ0v) is 14.7. The molecular weight excluding hydrogens is 352 g/mol. The van der Waals surface area contributed by atoms with Gasteiger partial charge in [-0.2, -0.15) is 0 Å². The summed E-state index contributed by atoms with van der Waals surface area (Å²) in [6.07, 6.45) is 0.116. The normalized spacial score (nSPS) is 13.7. The molecule has 2 aromatic carbocycles. The van der Waals surface area contributed by atoms with Gasteiger partial charge in [0.1, 0.15) is 5.52 Å². The van der Waals surface area contributed by atoms with E-state index >= 15 is 0 Å². The van der Waals surface area contributed by atoms with E-state index in [2.05, 4.69) is 4.98 Å². The number of oxazole rings is 1. The molecule has 26 heavy (non-hydrogen) atoms. The number of benzene rings is 2. The van der Waals surface area contributed by atoms with Crippen LogP contribution in [0.2, 0.25) is 0 Å². The van der Waals surface area contributed by atoms with Gasteiger partial charge in [0.15, 0.2) is 12.2 Å². The van der Waals surface area contributed by atoms with Crippen LogP contribution >= 0.6 is 11.8 Å². The van der Waals surface area contributed by atoms with Gasteiger partial charge in [-0.25, -0.2) is 4.98 Å². The number of amides is 1. The molecule has 3 aromatic rings. The summed E-state index contributed by atoms with van der Waals surface area (Å²) < 4.78 is 10.8. The van der Waals surface area contributed by atoms with Crippen LogP contribution in [-0.2, 0) is 20.9 Å². The van der Waals surface area contributed by atoms with Crippen molar-refractivity contribution in [1.29, 1.82) is 0 Å². The maximum absolute atomic E-state index is 12.2. The molecule has 0 saturated carbocycles. The first kappa shape index (κ1) is 16.7. The van der Waals surface area contributed by atoms with Crippen LogP contribution in [0, 0.1) is 0 Å². The molecule has 1 aliphatic heterocycles. The van der Waals surface area contributed by atoms with Crippen molar-refractivity contribution in [2.75, 3.05) is 17.2 Å². The van der Waals surface area contributed by atoms with Gasteiger partial charge in [-0.15, -0.1) is 11.8 Å². The zero-order valence-electron chi connectivity index (χ0n) is 13.9. The van der Waals surface area contributed by atoms with Crippen molar-refractivity contribution in [3.8, 4) is 0 Å². The van der Waals surface area contributed by atoms with E-state index in [0.717, 1.165) is 16.1 Å². The lowest BCUT2D eigenvalue weighted by molar-refractivity contribution is -0.145. The number of aromatic nitrogens is 1. The van der Waals surface area contributed by atoms with Gasteiger partial charge in [-0.1, -0.05) is 24.3 Å². The van der Waals surface area contributed by atoms with Gasteiger partial charge in [-0.3, -0.25) is 9.59 Å². The Balaban J connectivity index is 1.34.